The van der Waals surface area contributed by atoms with Gasteiger partial charge in [-0.2, -0.15) is 5.10 Å². The van der Waals surface area contributed by atoms with E-state index in [1.807, 2.05) is 31.2 Å². The smallest absolute Gasteiger partial charge is 0.271 e. The summed E-state index contributed by atoms with van der Waals surface area (Å²) in [4.78, 5) is 12.3. The lowest BCUT2D eigenvalue weighted by Gasteiger charge is -2.08. The molecule has 7 heteroatoms. The number of nitrogens with one attached hydrogen (secondary N) is 1. The molecule has 0 saturated carbocycles. The van der Waals surface area contributed by atoms with Gasteiger partial charge in [0.1, 0.15) is 17.2 Å². The molecule has 0 bridgehead atoms. The molecule has 2 N–H and O–H groups in total. The van der Waals surface area contributed by atoms with Crippen LogP contribution in [0.15, 0.2) is 74.7 Å². The molecule has 0 spiro atoms. The van der Waals surface area contributed by atoms with Crippen LogP contribution in [0.4, 0.5) is 0 Å². The van der Waals surface area contributed by atoms with Crippen molar-refractivity contribution in [2.45, 2.75) is 6.92 Å². The molecule has 0 atom stereocenters. The molecule has 28 heavy (non-hydrogen) atoms. The third-order valence-electron chi connectivity index (χ3n) is 3.74. The van der Waals surface area contributed by atoms with Crippen LogP contribution in [0.3, 0.4) is 0 Å². The summed E-state index contributed by atoms with van der Waals surface area (Å²) in [5.41, 5.74) is 4.70. The Balaban J connectivity index is 1.68. The van der Waals surface area contributed by atoms with Gasteiger partial charge in [0.15, 0.2) is 0 Å². The second kappa shape index (κ2) is 9.03. The van der Waals surface area contributed by atoms with Crippen molar-refractivity contribution in [3.8, 4) is 17.2 Å². The Labute approximate surface area is 179 Å². The summed E-state index contributed by atoms with van der Waals surface area (Å²) >= 11 is 6.50. The number of phenolic OH excluding ortho intramolecular Hbond substituents is 1. The number of nitrogens with zero attached hydrogens (tertiary/aromatic N) is 1. The summed E-state index contributed by atoms with van der Waals surface area (Å²) in [5.74, 6) is 1.02. The molecule has 0 radical (unpaired) electrons. The Hall–Kier alpha value is -2.64. The number of phenols is 1. The van der Waals surface area contributed by atoms with Crippen LogP contribution in [-0.4, -0.2) is 17.2 Å². The van der Waals surface area contributed by atoms with Crippen LogP contribution in [0.2, 0.25) is 0 Å². The van der Waals surface area contributed by atoms with Gasteiger partial charge in [-0.05, 0) is 92.4 Å². The highest BCUT2D eigenvalue weighted by Gasteiger charge is 2.07. The van der Waals surface area contributed by atoms with Gasteiger partial charge in [0.25, 0.3) is 5.91 Å². The lowest BCUT2D eigenvalue weighted by Crippen LogP contribution is -2.17. The second-order valence-corrected chi connectivity index (χ2v) is 7.69. The summed E-state index contributed by atoms with van der Waals surface area (Å²) in [7, 11) is 0. The SMILES string of the molecule is Cc1cccc(Oc2cccc(C(=O)NN=Cc3cc(Br)c(O)c(Br)c3)c2)c1. The molecule has 0 heterocycles. The average Bonchev–Trinajstić information content (AvgIpc) is 2.66. The van der Waals surface area contributed by atoms with E-state index < -0.39 is 0 Å². The first-order chi connectivity index (χ1) is 13.4. The van der Waals surface area contributed by atoms with Gasteiger partial charge in [-0.3, -0.25) is 4.79 Å². The molecule has 142 valence electrons. The lowest BCUT2D eigenvalue weighted by atomic mass is 10.2. The number of amides is 1. The molecule has 0 aliphatic heterocycles. The molecule has 0 fully saturated rings. The average molecular weight is 504 g/mol. The molecule has 1 amide bonds. The highest BCUT2D eigenvalue weighted by molar-refractivity contribution is 9.11. The molecule has 0 saturated heterocycles. The van der Waals surface area contributed by atoms with Crippen molar-refractivity contribution in [3.63, 3.8) is 0 Å². The third kappa shape index (κ3) is 5.21. The van der Waals surface area contributed by atoms with E-state index in [2.05, 4.69) is 42.4 Å². The predicted molar refractivity (Wildman–Crippen MR) is 116 cm³/mol. The minimum Gasteiger partial charge on any atom is -0.506 e. The zero-order chi connectivity index (χ0) is 20.1. The molecule has 3 aromatic rings. The second-order valence-electron chi connectivity index (χ2n) is 5.98. The van der Waals surface area contributed by atoms with Crippen LogP contribution in [-0.2, 0) is 0 Å². The maximum absolute atomic E-state index is 12.3. The summed E-state index contributed by atoms with van der Waals surface area (Å²) in [6.45, 7) is 1.99. The predicted octanol–water partition coefficient (Wildman–Crippen LogP) is 5.78. The quantitative estimate of drug-likeness (QED) is 0.342. The Kier molecular flexibility index (Phi) is 6.49. The number of hydrogen-bond acceptors (Lipinski definition) is 4. The van der Waals surface area contributed by atoms with Crippen LogP contribution < -0.4 is 10.2 Å². The number of carbonyl (C=O) groups is 1. The molecule has 0 aromatic heterocycles. The van der Waals surface area contributed by atoms with Gasteiger partial charge in [0.2, 0.25) is 0 Å². The first kappa shape index (κ1) is 20.1. The van der Waals surface area contributed by atoms with Crippen LogP contribution in [0.1, 0.15) is 21.5 Å². The standard InChI is InChI=1S/C21H16Br2N2O3/c1-13-4-2-6-16(8-13)28-17-7-3-5-15(11-17)21(27)25-24-12-14-9-18(22)20(26)19(23)10-14/h2-12,26H,1H3,(H,25,27). The Morgan fingerprint density at radius 3 is 2.36 bits per heavy atom. The number of rotatable bonds is 5. The van der Waals surface area contributed by atoms with Crippen molar-refractivity contribution >= 4 is 44.0 Å². The highest BCUT2D eigenvalue weighted by Crippen LogP contribution is 2.32. The van der Waals surface area contributed by atoms with E-state index in [9.17, 15) is 9.90 Å². The Bertz CT molecular complexity index is 1030. The monoisotopic (exact) mass is 502 g/mol. The lowest BCUT2D eigenvalue weighted by molar-refractivity contribution is 0.0955. The summed E-state index contributed by atoms with van der Waals surface area (Å²) < 4.78 is 6.86. The van der Waals surface area contributed by atoms with E-state index in [1.54, 1.807) is 36.4 Å². The van der Waals surface area contributed by atoms with E-state index in [0.717, 1.165) is 5.56 Å². The topological polar surface area (TPSA) is 70.9 Å². The Morgan fingerprint density at radius 1 is 1.04 bits per heavy atom. The van der Waals surface area contributed by atoms with Crippen molar-refractivity contribution in [2.75, 3.05) is 0 Å². The number of hydrogen-bond donors (Lipinski definition) is 2. The largest absolute Gasteiger partial charge is 0.506 e. The van der Waals surface area contributed by atoms with Crippen LogP contribution >= 0.6 is 31.9 Å². The number of benzene rings is 3. The van der Waals surface area contributed by atoms with Gasteiger partial charge in [-0.25, -0.2) is 5.43 Å². The van der Waals surface area contributed by atoms with Gasteiger partial charge >= 0.3 is 0 Å². The minimum absolute atomic E-state index is 0.103. The summed E-state index contributed by atoms with van der Waals surface area (Å²) in [6, 6.07) is 17.9. The molecule has 0 unspecified atom stereocenters. The number of aromatic hydroxyl groups is 1. The van der Waals surface area contributed by atoms with E-state index >= 15 is 0 Å². The number of carbonyl (C=O) groups excluding carboxylic acids is 1. The zero-order valence-corrected chi connectivity index (χ0v) is 18.0. The molecule has 0 aliphatic rings. The van der Waals surface area contributed by atoms with Crippen LogP contribution in [0, 0.1) is 6.92 Å². The fourth-order valence-corrected chi connectivity index (χ4v) is 3.63. The molecule has 5 nitrogen and oxygen atoms in total. The number of ether oxygens (including phenoxy) is 1. The fraction of sp³-hybridized carbons (Fsp3) is 0.0476. The van der Waals surface area contributed by atoms with Crippen molar-refractivity contribution in [2.24, 2.45) is 5.10 Å². The number of hydrazone groups is 1. The van der Waals surface area contributed by atoms with E-state index in [-0.39, 0.29) is 11.7 Å². The summed E-state index contributed by atoms with van der Waals surface area (Å²) in [5, 5.41) is 13.7. The van der Waals surface area contributed by atoms with Crippen molar-refractivity contribution in [3.05, 3.63) is 86.3 Å². The molecular weight excluding hydrogens is 488 g/mol. The van der Waals surface area contributed by atoms with Crippen molar-refractivity contribution < 1.29 is 14.6 Å². The van der Waals surface area contributed by atoms with E-state index in [4.69, 9.17) is 4.74 Å². The Morgan fingerprint density at radius 2 is 1.68 bits per heavy atom. The molecule has 3 aromatic carbocycles. The van der Waals surface area contributed by atoms with Crippen LogP contribution in [0.25, 0.3) is 0 Å². The minimum atomic E-state index is -0.358. The zero-order valence-electron chi connectivity index (χ0n) is 14.8. The van der Waals surface area contributed by atoms with Gasteiger partial charge in [-0.15, -0.1) is 0 Å². The molecular formula is C21H16Br2N2O3. The molecule has 3 rings (SSSR count). The van der Waals surface area contributed by atoms with Gasteiger partial charge < -0.3 is 9.84 Å². The summed E-state index contributed by atoms with van der Waals surface area (Å²) in [6.07, 6.45) is 1.49. The first-order valence-corrected chi connectivity index (χ1v) is 9.87. The maximum atomic E-state index is 12.3. The van der Waals surface area contributed by atoms with Crippen molar-refractivity contribution in [1.82, 2.24) is 5.43 Å². The van der Waals surface area contributed by atoms with E-state index in [0.29, 0.717) is 31.6 Å². The first-order valence-electron chi connectivity index (χ1n) is 8.28. The van der Waals surface area contributed by atoms with Gasteiger partial charge in [0.05, 0.1) is 15.2 Å². The number of aryl methyl sites for hydroxylation is 1. The van der Waals surface area contributed by atoms with Crippen LogP contribution in [0.5, 0.6) is 17.2 Å². The highest BCUT2D eigenvalue weighted by atomic mass is 79.9. The van der Waals surface area contributed by atoms with E-state index in [1.165, 1.54) is 6.21 Å². The number of halogens is 2. The third-order valence-corrected chi connectivity index (χ3v) is 4.95. The van der Waals surface area contributed by atoms with Crippen molar-refractivity contribution in [1.29, 1.82) is 0 Å². The maximum Gasteiger partial charge on any atom is 0.271 e. The van der Waals surface area contributed by atoms with Gasteiger partial charge in [0, 0.05) is 5.56 Å². The van der Waals surface area contributed by atoms with Gasteiger partial charge in [-0.1, -0.05) is 18.2 Å². The normalized spacial score (nSPS) is 10.8. The molecule has 0 aliphatic carbocycles. The fourth-order valence-electron chi connectivity index (χ4n) is 2.41.